The molecule has 0 radical (unpaired) electrons. The van der Waals surface area contributed by atoms with Crippen molar-refractivity contribution in [2.75, 3.05) is 19.8 Å². The van der Waals surface area contributed by atoms with Gasteiger partial charge in [0.15, 0.2) is 6.10 Å². The van der Waals surface area contributed by atoms with Gasteiger partial charge in [-0.25, -0.2) is 5.43 Å². The fourth-order valence-corrected chi connectivity index (χ4v) is 5.76. The third-order valence-corrected chi connectivity index (χ3v) is 8.52. The van der Waals surface area contributed by atoms with Crippen LogP contribution >= 0.6 is 0 Å². The zero-order valence-corrected chi connectivity index (χ0v) is 25.2. The van der Waals surface area contributed by atoms with Gasteiger partial charge in [-0.2, -0.15) is 0 Å². The van der Waals surface area contributed by atoms with E-state index >= 15 is 0 Å². The minimum Gasteiger partial charge on any atom is -0.451 e. The second kappa shape index (κ2) is 12.8. The van der Waals surface area contributed by atoms with Crippen molar-refractivity contribution in [3.8, 4) is 0 Å². The highest BCUT2D eigenvalue weighted by molar-refractivity contribution is 5.92. The van der Waals surface area contributed by atoms with Crippen LogP contribution in [0.5, 0.6) is 0 Å². The van der Waals surface area contributed by atoms with Crippen LogP contribution in [0, 0.1) is 11.3 Å². The van der Waals surface area contributed by atoms with E-state index in [2.05, 4.69) is 16.1 Å². The summed E-state index contributed by atoms with van der Waals surface area (Å²) in [5.74, 6) is -1.99. The van der Waals surface area contributed by atoms with E-state index in [0.717, 1.165) is 16.5 Å². The molecule has 3 aliphatic heterocycles. The molecule has 43 heavy (non-hydrogen) atoms. The first kappa shape index (κ1) is 30.6. The molecule has 11 nitrogen and oxygen atoms in total. The number of hydrogen-bond acceptors (Lipinski definition) is 8. The van der Waals surface area contributed by atoms with Crippen molar-refractivity contribution in [2.45, 2.75) is 77.6 Å². The fourth-order valence-electron chi connectivity index (χ4n) is 5.76. The molecule has 11 heteroatoms. The quantitative estimate of drug-likeness (QED) is 0.431. The maximum Gasteiger partial charge on any atom is 0.316 e. The van der Waals surface area contributed by atoms with Gasteiger partial charge in [0.05, 0.1) is 22.7 Å². The highest BCUT2D eigenvalue weighted by atomic mass is 16.6. The second-order valence-corrected chi connectivity index (χ2v) is 12.1. The molecule has 5 bridgehead atoms. The van der Waals surface area contributed by atoms with E-state index in [-0.39, 0.29) is 23.8 Å². The Balaban J connectivity index is 1.53. The minimum atomic E-state index is -1.09. The number of aromatic nitrogens is 1. The van der Waals surface area contributed by atoms with E-state index in [0.29, 0.717) is 51.1 Å². The van der Waals surface area contributed by atoms with Crippen molar-refractivity contribution in [1.82, 2.24) is 26.1 Å². The number of cyclic esters (lactones) is 1. The van der Waals surface area contributed by atoms with Crippen LogP contribution in [0.3, 0.4) is 0 Å². The van der Waals surface area contributed by atoms with Gasteiger partial charge in [0.2, 0.25) is 5.91 Å². The molecule has 3 N–H and O–H groups in total. The molecule has 0 saturated carbocycles. The highest BCUT2D eigenvalue weighted by Gasteiger charge is 2.42. The Kier molecular flexibility index (Phi) is 9.12. The number of ether oxygens (including phenoxy) is 2. The van der Waals surface area contributed by atoms with Crippen molar-refractivity contribution in [1.29, 1.82) is 0 Å². The first-order chi connectivity index (χ1) is 20.6. The monoisotopic (exact) mass is 591 g/mol. The number of benzene rings is 1. The van der Waals surface area contributed by atoms with E-state index in [4.69, 9.17) is 14.5 Å². The molecule has 5 rings (SSSR count). The van der Waals surface area contributed by atoms with Crippen LogP contribution in [0.4, 0.5) is 0 Å². The summed E-state index contributed by atoms with van der Waals surface area (Å²) in [7, 11) is 0. The molecule has 1 aromatic carbocycles. The van der Waals surface area contributed by atoms with Gasteiger partial charge >= 0.3 is 5.97 Å². The summed E-state index contributed by atoms with van der Waals surface area (Å²) in [5.41, 5.74) is 4.39. The Morgan fingerprint density at radius 1 is 0.977 bits per heavy atom. The largest absolute Gasteiger partial charge is 0.451 e. The summed E-state index contributed by atoms with van der Waals surface area (Å²) in [6.45, 7) is 8.22. The van der Waals surface area contributed by atoms with Crippen LogP contribution < -0.4 is 16.1 Å². The zero-order valence-electron chi connectivity index (χ0n) is 25.2. The van der Waals surface area contributed by atoms with Crippen molar-refractivity contribution < 1.29 is 28.7 Å². The lowest BCUT2D eigenvalue weighted by Gasteiger charge is -2.36. The van der Waals surface area contributed by atoms with Crippen LogP contribution in [0.2, 0.25) is 0 Å². The van der Waals surface area contributed by atoms with Crippen LogP contribution in [-0.4, -0.2) is 71.6 Å². The molecular formula is C32H41N5O6. The molecule has 2 fully saturated rings. The van der Waals surface area contributed by atoms with Crippen LogP contribution in [0.1, 0.15) is 70.7 Å². The molecule has 2 aromatic rings. The number of esters is 1. The molecule has 4 atom stereocenters. The van der Waals surface area contributed by atoms with E-state index < -0.39 is 35.5 Å². The number of amides is 3. The van der Waals surface area contributed by atoms with Gasteiger partial charge in [-0.15, -0.1) is 0 Å². The van der Waals surface area contributed by atoms with Crippen LogP contribution in [0.25, 0.3) is 17.0 Å². The second-order valence-electron chi connectivity index (χ2n) is 12.1. The first-order valence-electron chi connectivity index (χ1n) is 15.1. The maximum atomic E-state index is 13.8. The average Bonchev–Trinajstić information content (AvgIpc) is 3.01. The van der Waals surface area contributed by atoms with Crippen molar-refractivity contribution >= 4 is 40.7 Å². The predicted molar refractivity (Wildman–Crippen MR) is 160 cm³/mol. The number of nitrogens with zero attached hydrogens (tertiary/aromatic N) is 2. The summed E-state index contributed by atoms with van der Waals surface area (Å²) in [5, 5.41) is 8.10. The van der Waals surface area contributed by atoms with Crippen molar-refractivity contribution in [3.63, 3.8) is 0 Å². The number of rotatable bonds is 1. The van der Waals surface area contributed by atoms with Gasteiger partial charge in [0.25, 0.3) is 11.8 Å². The maximum absolute atomic E-state index is 13.8. The van der Waals surface area contributed by atoms with E-state index in [1.54, 1.807) is 20.8 Å². The lowest BCUT2D eigenvalue weighted by atomic mass is 9.79. The molecule has 230 valence electrons. The molecule has 1 aromatic heterocycles. The molecule has 0 unspecified atom stereocenters. The lowest BCUT2D eigenvalue weighted by Crippen LogP contribution is -2.61. The van der Waals surface area contributed by atoms with Gasteiger partial charge in [-0.05, 0) is 63.1 Å². The Morgan fingerprint density at radius 3 is 2.44 bits per heavy atom. The molecular weight excluding hydrogens is 550 g/mol. The smallest absolute Gasteiger partial charge is 0.316 e. The van der Waals surface area contributed by atoms with Crippen molar-refractivity contribution in [2.24, 2.45) is 11.3 Å². The molecule has 2 saturated heterocycles. The summed E-state index contributed by atoms with van der Waals surface area (Å²) < 4.78 is 11.5. The van der Waals surface area contributed by atoms with E-state index in [9.17, 15) is 19.2 Å². The number of nitrogens with one attached hydrogen (secondary N) is 3. The average molecular weight is 592 g/mol. The van der Waals surface area contributed by atoms with Gasteiger partial charge in [0, 0.05) is 25.1 Å². The Morgan fingerprint density at radius 2 is 1.70 bits per heavy atom. The Labute approximate surface area is 251 Å². The number of hydrazine groups is 1. The normalized spacial score (nSPS) is 28.0. The molecule has 1 spiro atoms. The zero-order chi connectivity index (χ0) is 30.7. The fraction of sp³-hybridized carbons (Fsp3) is 0.531. The summed E-state index contributed by atoms with van der Waals surface area (Å²) in [4.78, 5) is 58.5. The lowest BCUT2D eigenvalue weighted by molar-refractivity contribution is -0.170. The SMILES string of the molecule is CC(C)[C@@H]1OC(=O)C2(/C=C/c3ccc4ccc(nc4c3)[C@@H](C)NC(=O)[C@@H]3CCCN(N3)C(=O)[C@H](C)NC1=O)CCOCC2. The minimum absolute atomic E-state index is 0.236. The summed E-state index contributed by atoms with van der Waals surface area (Å²) >= 11 is 0. The highest BCUT2D eigenvalue weighted by Crippen LogP contribution is 2.35. The van der Waals surface area contributed by atoms with Gasteiger partial charge in [-0.3, -0.25) is 29.2 Å². The topological polar surface area (TPSA) is 139 Å². The Bertz CT molecular complexity index is 1420. The Hall–Kier alpha value is -3.83. The van der Waals surface area contributed by atoms with Gasteiger partial charge in [0.1, 0.15) is 12.1 Å². The van der Waals surface area contributed by atoms with E-state index in [1.807, 2.05) is 49.4 Å². The molecule has 3 amide bonds. The standard InChI is InChI=1S/C32H41N5O6/c1-19(2)27-29(39)34-21(4)30(40)37-15-5-6-25(36-37)28(38)33-20(3)24-10-9-23-8-7-22(18-26(23)35-24)11-12-32(31(41)43-27)13-16-42-17-14-32/h7-12,18-21,25,27,36H,5-6,13-17H2,1-4H3,(H,33,38)(H,34,39)/b12-11+/t20-,21+,25+,27+/m1/s1. The summed E-state index contributed by atoms with van der Waals surface area (Å²) in [6.07, 6.45) is 4.66. The van der Waals surface area contributed by atoms with Crippen LogP contribution in [-0.2, 0) is 28.7 Å². The third kappa shape index (κ3) is 6.73. The molecule has 4 heterocycles. The van der Waals surface area contributed by atoms with Gasteiger partial charge < -0.3 is 20.1 Å². The van der Waals surface area contributed by atoms with Crippen molar-refractivity contribution in [3.05, 3.63) is 47.7 Å². The molecule has 0 aliphatic carbocycles. The number of carbonyl (C=O) groups is 4. The molecule has 3 aliphatic rings. The van der Waals surface area contributed by atoms with Gasteiger partial charge in [-0.1, -0.05) is 44.2 Å². The number of hydrogen-bond donors (Lipinski definition) is 3. The predicted octanol–water partition coefficient (Wildman–Crippen LogP) is 2.80. The van der Waals surface area contributed by atoms with Crippen LogP contribution in [0.15, 0.2) is 36.4 Å². The number of fused-ring (bicyclic) bond motifs is 4. The third-order valence-electron chi connectivity index (χ3n) is 8.52. The van der Waals surface area contributed by atoms with E-state index in [1.165, 1.54) is 5.01 Å². The summed E-state index contributed by atoms with van der Waals surface area (Å²) in [6, 6.07) is 7.85. The number of carbonyl (C=O) groups excluding carboxylic acids is 4. The first-order valence-corrected chi connectivity index (χ1v) is 15.1. The number of pyridine rings is 1.